The third-order valence-electron chi connectivity index (χ3n) is 5.41. The second-order valence-electron chi connectivity index (χ2n) is 7.46. The van der Waals surface area contributed by atoms with Crippen LogP contribution in [0.4, 0.5) is 4.39 Å². The van der Waals surface area contributed by atoms with E-state index in [9.17, 15) is 4.39 Å². The van der Waals surface area contributed by atoms with Crippen molar-refractivity contribution in [2.24, 2.45) is 0 Å². The van der Waals surface area contributed by atoms with Crippen molar-refractivity contribution in [3.63, 3.8) is 0 Å². The summed E-state index contributed by atoms with van der Waals surface area (Å²) in [6, 6.07) is 12.0. The molecular weight excluding hydrogens is 421 g/mol. The van der Waals surface area contributed by atoms with E-state index in [4.69, 9.17) is 14.7 Å². The Hall–Kier alpha value is -4.66. The highest BCUT2D eigenvalue weighted by Gasteiger charge is 2.17. The molecule has 5 aromatic heterocycles. The van der Waals surface area contributed by atoms with Crippen molar-refractivity contribution in [1.29, 1.82) is 0 Å². The van der Waals surface area contributed by atoms with Crippen molar-refractivity contribution in [3.8, 4) is 39.7 Å². The Balaban J connectivity index is 1.49. The Morgan fingerprint density at radius 2 is 1.76 bits per heavy atom. The molecule has 160 valence electrons. The normalized spacial score (nSPS) is 11.3. The summed E-state index contributed by atoms with van der Waals surface area (Å²) in [4.78, 5) is 21.3. The minimum Gasteiger partial charge on any atom is -0.495 e. The van der Waals surface area contributed by atoms with Gasteiger partial charge in [-0.3, -0.25) is 15.1 Å². The highest BCUT2D eigenvalue weighted by Crippen LogP contribution is 2.31. The van der Waals surface area contributed by atoms with Crippen LogP contribution >= 0.6 is 0 Å². The van der Waals surface area contributed by atoms with E-state index >= 15 is 0 Å². The fourth-order valence-electron chi connectivity index (χ4n) is 3.81. The Morgan fingerprint density at radius 1 is 0.848 bits per heavy atom. The SMILES string of the molecule is COc1cncc(-c2ccc3[nH]nc(-c4nc5c(-c6cccc(F)c6)cncc5[nH]4)c3n2)c1. The minimum atomic E-state index is -0.317. The summed E-state index contributed by atoms with van der Waals surface area (Å²) in [6.45, 7) is 0. The van der Waals surface area contributed by atoms with Crippen molar-refractivity contribution >= 4 is 22.1 Å². The van der Waals surface area contributed by atoms with E-state index in [1.165, 1.54) is 12.1 Å². The Labute approximate surface area is 186 Å². The molecule has 0 saturated carbocycles. The fraction of sp³-hybridized carbons (Fsp3) is 0.0417. The highest BCUT2D eigenvalue weighted by atomic mass is 19.1. The zero-order valence-corrected chi connectivity index (χ0v) is 17.4. The smallest absolute Gasteiger partial charge is 0.161 e. The fourth-order valence-corrected chi connectivity index (χ4v) is 3.81. The van der Waals surface area contributed by atoms with Gasteiger partial charge in [0.05, 0.1) is 41.7 Å². The highest BCUT2D eigenvalue weighted by molar-refractivity contribution is 5.95. The van der Waals surface area contributed by atoms with Gasteiger partial charge in [0.1, 0.15) is 17.1 Å². The third kappa shape index (κ3) is 3.26. The lowest BCUT2D eigenvalue weighted by atomic mass is 10.1. The van der Waals surface area contributed by atoms with Gasteiger partial charge in [0.2, 0.25) is 0 Å². The molecule has 0 radical (unpaired) electrons. The lowest BCUT2D eigenvalue weighted by Gasteiger charge is -2.03. The lowest BCUT2D eigenvalue weighted by Crippen LogP contribution is -1.89. The maximum absolute atomic E-state index is 13.8. The molecule has 1 aromatic carbocycles. The number of aromatic nitrogens is 7. The van der Waals surface area contributed by atoms with Crippen LogP contribution in [-0.4, -0.2) is 42.2 Å². The summed E-state index contributed by atoms with van der Waals surface area (Å²) in [5.74, 6) is 0.870. The van der Waals surface area contributed by atoms with Crippen LogP contribution in [0.25, 0.3) is 56.0 Å². The maximum Gasteiger partial charge on any atom is 0.161 e. The lowest BCUT2D eigenvalue weighted by molar-refractivity contribution is 0.413. The first-order chi connectivity index (χ1) is 16.2. The van der Waals surface area contributed by atoms with Crippen LogP contribution in [0, 0.1) is 5.82 Å². The van der Waals surface area contributed by atoms with Gasteiger partial charge in [0.25, 0.3) is 0 Å². The Bertz CT molecular complexity index is 1640. The van der Waals surface area contributed by atoms with Gasteiger partial charge in [-0.05, 0) is 35.9 Å². The number of benzene rings is 1. The van der Waals surface area contributed by atoms with Gasteiger partial charge in [0.15, 0.2) is 11.5 Å². The van der Waals surface area contributed by atoms with Crippen molar-refractivity contribution in [2.75, 3.05) is 7.11 Å². The Kier molecular flexibility index (Phi) is 4.32. The second kappa shape index (κ2) is 7.49. The average Bonchev–Trinajstić information content (AvgIpc) is 3.47. The first-order valence-corrected chi connectivity index (χ1v) is 10.1. The molecule has 6 aromatic rings. The van der Waals surface area contributed by atoms with Crippen molar-refractivity contribution < 1.29 is 9.13 Å². The zero-order chi connectivity index (χ0) is 22.4. The molecular formula is C24H16FN7O. The van der Waals surface area contributed by atoms with Crippen LogP contribution in [0.2, 0.25) is 0 Å². The molecule has 0 amide bonds. The maximum atomic E-state index is 13.8. The van der Waals surface area contributed by atoms with Gasteiger partial charge < -0.3 is 9.72 Å². The monoisotopic (exact) mass is 437 g/mol. The van der Waals surface area contributed by atoms with E-state index in [2.05, 4.69) is 25.1 Å². The zero-order valence-electron chi connectivity index (χ0n) is 17.4. The molecule has 6 rings (SSSR count). The quantitative estimate of drug-likeness (QED) is 0.411. The van der Waals surface area contributed by atoms with Gasteiger partial charge >= 0.3 is 0 Å². The number of nitrogens with zero attached hydrogens (tertiary/aromatic N) is 5. The topological polar surface area (TPSA) is 105 Å². The molecule has 0 aliphatic carbocycles. The first kappa shape index (κ1) is 19.1. The van der Waals surface area contributed by atoms with E-state index in [1.807, 2.05) is 24.3 Å². The van der Waals surface area contributed by atoms with Gasteiger partial charge in [-0.1, -0.05) is 12.1 Å². The summed E-state index contributed by atoms with van der Waals surface area (Å²) < 4.78 is 19.1. The molecule has 9 heteroatoms. The molecule has 0 unspecified atom stereocenters. The van der Waals surface area contributed by atoms with Gasteiger partial charge in [-0.25, -0.2) is 14.4 Å². The number of fused-ring (bicyclic) bond motifs is 2. The number of ether oxygens (including phenoxy) is 1. The van der Waals surface area contributed by atoms with Gasteiger partial charge in [-0.2, -0.15) is 5.10 Å². The summed E-state index contributed by atoms with van der Waals surface area (Å²) in [7, 11) is 1.60. The van der Waals surface area contributed by atoms with Crippen LogP contribution in [-0.2, 0) is 0 Å². The number of H-pyrrole nitrogens is 2. The van der Waals surface area contributed by atoms with Crippen LogP contribution < -0.4 is 4.74 Å². The van der Waals surface area contributed by atoms with Crippen LogP contribution in [0.1, 0.15) is 0 Å². The van der Waals surface area contributed by atoms with E-state index in [0.29, 0.717) is 33.9 Å². The molecule has 0 fully saturated rings. The molecule has 8 nitrogen and oxygen atoms in total. The number of nitrogens with one attached hydrogen (secondary N) is 2. The molecule has 0 spiro atoms. The molecule has 33 heavy (non-hydrogen) atoms. The van der Waals surface area contributed by atoms with E-state index in [-0.39, 0.29) is 5.82 Å². The second-order valence-corrected chi connectivity index (χ2v) is 7.46. The van der Waals surface area contributed by atoms with Crippen LogP contribution in [0.5, 0.6) is 5.75 Å². The average molecular weight is 437 g/mol. The summed E-state index contributed by atoms with van der Waals surface area (Å²) in [5.41, 5.74) is 6.38. The van der Waals surface area contributed by atoms with E-state index < -0.39 is 0 Å². The predicted octanol–water partition coefficient (Wildman–Crippen LogP) is 4.77. The molecule has 0 atom stereocenters. The number of halogens is 1. The van der Waals surface area contributed by atoms with Crippen molar-refractivity contribution in [1.82, 2.24) is 35.1 Å². The number of aromatic amines is 2. The Morgan fingerprint density at radius 3 is 2.64 bits per heavy atom. The van der Waals surface area contributed by atoms with E-state index in [0.717, 1.165) is 27.9 Å². The summed E-state index contributed by atoms with van der Waals surface area (Å²) in [5, 5.41) is 7.45. The van der Waals surface area contributed by atoms with Crippen molar-refractivity contribution in [3.05, 3.63) is 73.1 Å². The van der Waals surface area contributed by atoms with Gasteiger partial charge in [0, 0.05) is 23.5 Å². The van der Waals surface area contributed by atoms with Crippen LogP contribution in [0.15, 0.2) is 67.3 Å². The molecule has 0 bridgehead atoms. The number of pyridine rings is 3. The largest absolute Gasteiger partial charge is 0.495 e. The molecule has 0 aliphatic rings. The summed E-state index contributed by atoms with van der Waals surface area (Å²) >= 11 is 0. The number of hydrogen-bond donors (Lipinski definition) is 2. The minimum absolute atomic E-state index is 0.317. The van der Waals surface area contributed by atoms with Crippen molar-refractivity contribution in [2.45, 2.75) is 0 Å². The standard InChI is InChI=1S/C24H16FN7O/c1-33-16-8-14(9-26-10-16)18-5-6-19-22(28-18)23(32-31-19)24-29-20-12-27-11-17(21(20)30-24)13-3-2-4-15(25)7-13/h2-12H,1H3,(H,29,30)(H,31,32). The number of methoxy groups -OCH3 is 1. The van der Waals surface area contributed by atoms with Gasteiger partial charge in [-0.15, -0.1) is 0 Å². The molecule has 0 saturated heterocycles. The van der Waals surface area contributed by atoms with E-state index in [1.54, 1.807) is 38.0 Å². The molecule has 2 N–H and O–H groups in total. The molecule has 5 heterocycles. The van der Waals surface area contributed by atoms with Crippen LogP contribution in [0.3, 0.4) is 0 Å². The number of imidazole rings is 1. The number of hydrogen-bond acceptors (Lipinski definition) is 6. The third-order valence-corrected chi connectivity index (χ3v) is 5.41. The first-order valence-electron chi connectivity index (χ1n) is 10.1. The molecule has 0 aliphatic heterocycles. The predicted molar refractivity (Wildman–Crippen MR) is 122 cm³/mol. The number of rotatable bonds is 4. The summed E-state index contributed by atoms with van der Waals surface area (Å²) in [6.07, 6.45) is 6.74.